The highest BCUT2D eigenvalue weighted by atomic mass is 16.6. The highest BCUT2D eigenvalue weighted by Crippen LogP contribution is 2.23. The molecule has 0 heterocycles. The van der Waals surface area contributed by atoms with Crippen LogP contribution < -0.4 is 14.8 Å². The summed E-state index contributed by atoms with van der Waals surface area (Å²) in [7, 11) is 1.53. The molecule has 0 bridgehead atoms. The first-order valence-electron chi connectivity index (χ1n) is 6.40. The van der Waals surface area contributed by atoms with Crippen LogP contribution in [0.2, 0.25) is 0 Å². The first-order valence-corrected chi connectivity index (χ1v) is 6.40. The van der Waals surface area contributed by atoms with Crippen molar-refractivity contribution in [3.8, 4) is 11.5 Å². The van der Waals surface area contributed by atoms with Gasteiger partial charge in [-0.15, -0.1) is 0 Å². The molecule has 0 aliphatic heterocycles. The highest BCUT2D eigenvalue weighted by Gasteiger charge is 2.14. The van der Waals surface area contributed by atoms with E-state index in [0.717, 1.165) is 0 Å². The van der Waals surface area contributed by atoms with Gasteiger partial charge in [0.1, 0.15) is 17.2 Å². The highest BCUT2D eigenvalue weighted by molar-refractivity contribution is 5.94. The van der Waals surface area contributed by atoms with Gasteiger partial charge < -0.3 is 14.8 Å². The lowest BCUT2D eigenvalue weighted by Gasteiger charge is -2.08. The smallest absolute Gasteiger partial charge is 0.292 e. The molecule has 0 fully saturated rings. The van der Waals surface area contributed by atoms with E-state index in [0.29, 0.717) is 11.5 Å². The molecule has 7 heteroatoms. The van der Waals surface area contributed by atoms with Gasteiger partial charge in [-0.05, 0) is 18.2 Å². The molecule has 1 amide bonds. The third kappa shape index (κ3) is 3.95. The molecule has 22 heavy (non-hydrogen) atoms. The van der Waals surface area contributed by atoms with Gasteiger partial charge >= 0.3 is 0 Å². The predicted molar refractivity (Wildman–Crippen MR) is 80.2 cm³/mol. The maximum Gasteiger partial charge on any atom is 0.292 e. The molecule has 2 aromatic carbocycles. The number of carbonyl (C=O) groups is 1. The average Bonchev–Trinajstić information content (AvgIpc) is 2.53. The molecule has 2 rings (SSSR count). The van der Waals surface area contributed by atoms with E-state index in [1.54, 1.807) is 30.3 Å². The number of methoxy groups -OCH3 is 1. The van der Waals surface area contributed by atoms with Crippen molar-refractivity contribution < 1.29 is 19.2 Å². The summed E-state index contributed by atoms with van der Waals surface area (Å²) in [6, 6.07) is 12.7. The predicted octanol–water partition coefficient (Wildman–Crippen LogP) is 2.62. The standard InChI is InChI=1S/C15H14N2O5/c1-21-11-5-4-6-12(9-11)22-10-15(18)16-13-7-2-3-8-14(13)17(19)20/h2-9H,10H2,1H3,(H,16,18). The average molecular weight is 302 g/mol. The van der Waals surface area contributed by atoms with E-state index in [-0.39, 0.29) is 18.0 Å². The maximum atomic E-state index is 11.8. The lowest BCUT2D eigenvalue weighted by atomic mass is 10.2. The zero-order chi connectivity index (χ0) is 15.9. The van der Waals surface area contributed by atoms with Crippen molar-refractivity contribution in [3.05, 3.63) is 58.6 Å². The van der Waals surface area contributed by atoms with E-state index in [1.807, 2.05) is 0 Å². The third-order valence-electron chi connectivity index (χ3n) is 2.79. The number of carbonyl (C=O) groups excluding carboxylic acids is 1. The minimum absolute atomic E-state index is 0.131. The summed E-state index contributed by atoms with van der Waals surface area (Å²) in [6.45, 7) is -0.265. The van der Waals surface area contributed by atoms with Crippen LogP contribution in [-0.4, -0.2) is 24.5 Å². The zero-order valence-corrected chi connectivity index (χ0v) is 11.8. The monoisotopic (exact) mass is 302 g/mol. The van der Waals surface area contributed by atoms with Crippen LogP contribution in [0.5, 0.6) is 11.5 Å². The van der Waals surface area contributed by atoms with E-state index in [2.05, 4.69) is 5.32 Å². The lowest BCUT2D eigenvalue weighted by molar-refractivity contribution is -0.383. The number of hydrogen-bond acceptors (Lipinski definition) is 5. The van der Waals surface area contributed by atoms with E-state index in [1.165, 1.54) is 25.3 Å². The Morgan fingerprint density at radius 2 is 1.91 bits per heavy atom. The Kier molecular flexibility index (Phi) is 4.92. The molecule has 0 aliphatic rings. The number of nitrogens with zero attached hydrogens (tertiary/aromatic N) is 1. The molecule has 0 unspecified atom stereocenters. The molecule has 0 atom stereocenters. The fourth-order valence-corrected chi connectivity index (χ4v) is 1.76. The quantitative estimate of drug-likeness (QED) is 0.654. The van der Waals surface area contributed by atoms with Crippen LogP contribution in [-0.2, 0) is 4.79 Å². The normalized spacial score (nSPS) is 9.86. The van der Waals surface area contributed by atoms with Gasteiger partial charge in [0.15, 0.2) is 6.61 Å². The Hall–Kier alpha value is -3.09. The van der Waals surface area contributed by atoms with Crippen LogP contribution >= 0.6 is 0 Å². The first-order chi connectivity index (χ1) is 10.6. The number of ether oxygens (including phenoxy) is 2. The van der Waals surface area contributed by atoms with Gasteiger partial charge in [-0.25, -0.2) is 0 Å². The Labute approximate surface area is 126 Å². The van der Waals surface area contributed by atoms with Crippen LogP contribution in [0.4, 0.5) is 11.4 Å². The Balaban J connectivity index is 1.97. The van der Waals surface area contributed by atoms with Crippen LogP contribution in [0.3, 0.4) is 0 Å². The van der Waals surface area contributed by atoms with Crippen molar-refractivity contribution in [2.24, 2.45) is 0 Å². The topological polar surface area (TPSA) is 90.7 Å². The van der Waals surface area contributed by atoms with Crippen LogP contribution in [0.1, 0.15) is 0 Å². The Morgan fingerprint density at radius 1 is 1.18 bits per heavy atom. The molecule has 0 aliphatic carbocycles. The minimum atomic E-state index is -0.557. The number of amides is 1. The zero-order valence-electron chi connectivity index (χ0n) is 11.8. The van der Waals surface area contributed by atoms with Crippen LogP contribution in [0.15, 0.2) is 48.5 Å². The molecule has 0 radical (unpaired) electrons. The number of anilines is 1. The minimum Gasteiger partial charge on any atom is -0.497 e. The van der Waals surface area contributed by atoms with E-state index in [4.69, 9.17) is 9.47 Å². The number of nitrogens with one attached hydrogen (secondary N) is 1. The number of para-hydroxylation sites is 2. The number of rotatable bonds is 6. The molecular weight excluding hydrogens is 288 g/mol. The van der Waals surface area contributed by atoms with Gasteiger partial charge in [-0.1, -0.05) is 18.2 Å². The Bertz CT molecular complexity index is 687. The summed E-state index contributed by atoms with van der Waals surface area (Å²) < 4.78 is 10.4. The fourth-order valence-electron chi connectivity index (χ4n) is 1.76. The molecule has 1 N–H and O–H groups in total. The van der Waals surface area contributed by atoms with Crippen LogP contribution in [0, 0.1) is 10.1 Å². The number of nitro groups is 1. The van der Waals surface area contributed by atoms with E-state index >= 15 is 0 Å². The van der Waals surface area contributed by atoms with Crippen molar-refractivity contribution >= 4 is 17.3 Å². The second-order valence-corrected chi connectivity index (χ2v) is 4.29. The van der Waals surface area contributed by atoms with Gasteiger partial charge in [0.25, 0.3) is 11.6 Å². The van der Waals surface area contributed by atoms with Gasteiger partial charge in [0.05, 0.1) is 12.0 Å². The lowest BCUT2D eigenvalue weighted by Crippen LogP contribution is -2.20. The number of nitro benzene ring substituents is 1. The van der Waals surface area contributed by atoms with E-state index < -0.39 is 10.8 Å². The molecule has 0 saturated heterocycles. The molecule has 114 valence electrons. The van der Waals surface area contributed by atoms with E-state index in [9.17, 15) is 14.9 Å². The third-order valence-corrected chi connectivity index (χ3v) is 2.79. The van der Waals surface area contributed by atoms with Gasteiger partial charge in [-0.3, -0.25) is 14.9 Å². The van der Waals surface area contributed by atoms with Crippen molar-refractivity contribution in [1.82, 2.24) is 0 Å². The summed E-state index contributed by atoms with van der Waals surface area (Å²) in [6.07, 6.45) is 0. The van der Waals surface area contributed by atoms with Crippen LogP contribution in [0.25, 0.3) is 0 Å². The van der Waals surface area contributed by atoms with Gasteiger partial charge in [0.2, 0.25) is 0 Å². The molecule has 7 nitrogen and oxygen atoms in total. The van der Waals surface area contributed by atoms with Crippen molar-refractivity contribution in [3.63, 3.8) is 0 Å². The summed E-state index contributed by atoms with van der Waals surface area (Å²) in [5, 5.41) is 13.3. The van der Waals surface area contributed by atoms with Gasteiger partial charge in [-0.2, -0.15) is 0 Å². The van der Waals surface area contributed by atoms with Crippen molar-refractivity contribution in [1.29, 1.82) is 0 Å². The SMILES string of the molecule is COc1cccc(OCC(=O)Nc2ccccc2[N+](=O)[O-])c1. The molecular formula is C15H14N2O5. The number of benzene rings is 2. The second kappa shape index (κ2) is 7.07. The summed E-state index contributed by atoms with van der Waals surface area (Å²) >= 11 is 0. The Morgan fingerprint density at radius 3 is 2.64 bits per heavy atom. The molecule has 0 spiro atoms. The van der Waals surface area contributed by atoms with Gasteiger partial charge in [0, 0.05) is 12.1 Å². The van der Waals surface area contributed by atoms with Crippen molar-refractivity contribution in [2.45, 2.75) is 0 Å². The fraction of sp³-hybridized carbons (Fsp3) is 0.133. The molecule has 0 saturated carbocycles. The largest absolute Gasteiger partial charge is 0.497 e. The molecule has 2 aromatic rings. The van der Waals surface area contributed by atoms with Crippen molar-refractivity contribution in [2.75, 3.05) is 19.0 Å². The summed E-state index contributed by atoms with van der Waals surface area (Å²) in [5.74, 6) is 0.589. The first kappa shape index (κ1) is 15.3. The molecule has 0 aromatic heterocycles. The number of hydrogen-bond donors (Lipinski definition) is 1. The summed E-state index contributed by atoms with van der Waals surface area (Å²) in [5.41, 5.74) is -0.0380. The second-order valence-electron chi connectivity index (χ2n) is 4.29. The maximum absolute atomic E-state index is 11.8. The summed E-state index contributed by atoms with van der Waals surface area (Å²) in [4.78, 5) is 22.1.